The molecule has 0 atom stereocenters. The zero-order valence-electron chi connectivity index (χ0n) is 7.80. The fraction of sp³-hybridized carbons (Fsp3) is 0.200. The van der Waals surface area contributed by atoms with Crippen LogP contribution in [-0.4, -0.2) is 12.9 Å². The molecule has 0 aliphatic carbocycles. The van der Waals surface area contributed by atoms with E-state index in [2.05, 4.69) is 0 Å². The Morgan fingerprint density at radius 2 is 2.21 bits per heavy atom. The lowest BCUT2D eigenvalue weighted by Gasteiger charge is -2.07. The summed E-state index contributed by atoms with van der Waals surface area (Å²) in [5, 5.41) is 8.74. The van der Waals surface area contributed by atoms with Gasteiger partial charge in [0.2, 0.25) is 0 Å². The standard InChI is InChI=1S/C10H8INO2/c1-6(13)8-3-7(5-12)4-9(14-2)10(8)11/h3-4H,1-2H3. The number of hydrogen-bond acceptors (Lipinski definition) is 3. The molecule has 14 heavy (non-hydrogen) atoms. The van der Waals surface area contributed by atoms with Crippen LogP contribution in [0.1, 0.15) is 22.8 Å². The van der Waals surface area contributed by atoms with E-state index in [1.807, 2.05) is 28.7 Å². The summed E-state index contributed by atoms with van der Waals surface area (Å²) >= 11 is 2.03. The van der Waals surface area contributed by atoms with Gasteiger partial charge in [0.1, 0.15) is 5.75 Å². The van der Waals surface area contributed by atoms with Gasteiger partial charge < -0.3 is 4.74 Å². The Labute approximate surface area is 95.8 Å². The van der Waals surface area contributed by atoms with Crippen molar-refractivity contribution in [3.63, 3.8) is 0 Å². The van der Waals surface area contributed by atoms with Gasteiger partial charge >= 0.3 is 0 Å². The predicted octanol–water partition coefficient (Wildman–Crippen LogP) is 2.37. The van der Waals surface area contributed by atoms with Gasteiger partial charge in [-0.15, -0.1) is 0 Å². The van der Waals surface area contributed by atoms with E-state index in [1.54, 1.807) is 12.1 Å². The molecule has 0 radical (unpaired) electrons. The minimum atomic E-state index is -0.0650. The maximum absolute atomic E-state index is 11.2. The number of ketones is 1. The first-order valence-electron chi connectivity index (χ1n) is 3.88. The summed E-state index contributed by atoms with van der Waals surface area (Å²) in [4.78, 5) is 11.2. The van der Waals surface area contributed by atoms with Gasteiger partial charge in [-0.25, -0.2) is 0 Å². The molecule has 1 aromatic carbocycles. The van der Waals surface area contributed by atoms with Crippen molar-refractivity contribution in [3.8, 4) is 11.8 Å². The molecular weight excluding hydrogens is 293 g/mol. The third-order valence-corrected chi connectivity index (χ3v) is 2.88. The maximum Gasteiger partial charge on any atom is 0.161 e. The van der Waals surface area contributed by atoms with Gasteiger partial charge in [-0.3, -0.25) is 4.79 Å². The van der Waals surface area contributed by atoms with Crippen molar-refractivity contribution in [1.82, 2.24) is 0 Å². The zero-order valence-corrected chi connectivity index (χ0v) is 9.95. The molecule has 3 nitrogen and oxygen atoms in total. The fourth-order valence-corrected chi connectivity index (χ4v) is 1.98. The summed E-state index contributed by atoms with van der Waals surface area (Å²) < 4.78 is 5.81. The summed E-state index contributed by atoms with van der Waals surface area (Å²) in [6.45, 7) is 1.47. The first-order chi connectivity index (χ1) is 6.60. The van der Waals surface area contributed by atoms with Crippen molar-refractivity contribution in [2.75, 3.05) is 7.11 Å². The van der Waals surface area contributed by atoms with Crippen LogP contribution in [0.15, 0.2) is 12.1 Å². The Morgan fingerprint density at radius 1 is 1.57 bits per heavy atom. The molecule has 0 amide bonds. The van der Waals surface area contributed by atoms with Crippen molar-refractivity contribution >= 4 is 28.4 Å². The predicted molar refractivity (Wildman–Crippen MR) is 60.4 cm³/mol. The van der Waals surface area contributed by atoms with Crippen molar-refractivity contribution in [1.29, 1.82) is 5.26 Å². The smallest absolute Gasteiger partial charge is 0.161 e. The van der Waals surface area contributed by atoms with Gasteiger partial charge in [-0.2, -0.15) is 5.26 Å². The SMILES string of the molecule is COc1cc(C#N)cc(C(C)=O)c1I. The number of hydrogen-bond donors (Lipinski definition) is 0. The van der Waals surface area contributed by atoms with Crippen LogP contribution in [0.2, 0.25) is 0 Å². The van der Waals surface area contributed by atoms with Crippen LogP contribution in [0.3, 0.4) is 0 Å². The molecular formula is C10H8INO2. The summed E-state index contributed by atoms with van der Waals surface area (Å²) in [5.74, 6) is 0.500. The second-order valence-electron chi connectivity index (χ2n) is 2.71. The highest BCUT2D eigenvalue weighted by Gasteiger charge is 2.12. The third kappa shape index (κ3) is 2.04. The highest BCUT2D eigenvalue weighted by Crippen LogP contribution is 2.26. The van der Waals surface area contributed by atoms with Crippen LogP contribution in [-0.2, 0) is 0 Å². The van der Waals surface area contributed by atoms with E-state index in [1.165, 1.54) is 14.0 Å². The lowest BCUT2D eigenvalue weighted by atomic mass is 10.1. The van der Waals surface area contributed by atoms with E-state index in [-0.39, 0.29) is 5.78 Å². The van der Waals surface area contributed by atoms with Gasteiger partial charge in [0.05, 0.1) is 22.3 Å². The Morgan fingerprint density at radius 3 is 2.64 bits per heavy atom. The van der Waals surface area contributed by atoms with E-state index in [0.29, 0.717) is 16.9 Å². The summed E-state index contributed by atoms with van der Waals surface area (Å²) in [5.41, 5.74) is 0.967. The number of carbonyl (C=O) groups is 1. The first kappa shape index (κ1) is 11.0. The van der Waals surface area contributed by atoms with Crippen LogP contribution < -0.4 is 4.74 Å². The van der Waals surface area contributed by atoms with Crippen molar-refractivity contribution in [2.45, 2.75) is 6.92 Å². The van der Waals surface area contributed by atoms with Crippen LogP contribution in [0.25, 0.3) is 0 Å². The topological polar surface area (TPSA) is 50.1 Å². The quantitative estimate of drug-likeness (QED) is 0.622. The molecule has 72 valence electrons. The number of nitrogens with zero attached hydrogens (tertiary/aromatic N) is 1. The van der Waals surface area contributed by atoms with E-state index >= 15 is 0 Å². The van der Waals surface area contributed by atoms with Gasteiger partial charge in [-0.05, 0) is 41.6 Å². The number of nitriles is 1. The summed E-state index contributed by atoms with van der Waals surface area (Å²) in [6.07, 6.45) is 0. The average Bonchev–Trinajstić information content (AvgIpc) is 2.17. The normalized spacial score (nSPS) is 9.29. The molecule has 4 heteroatoms. The lowest BCUT2D eigenvalue weighted by Crippen LogP contribution is -2.00. The number of Topliss-reactive ketones (excluding diaryl/α,β-unsaturated/α-hetero) is 1. The molecule has 0 aliphatic rings. The fourth-order valence-electron chi connectivity index (χ4n) is 1.07. The lowest BCUT2D eigenvalue weighted by molar-refractivity contribution is 0.101. The van der Waals surface area contributed by atoms with Crippen molar-refractivity contribution in [3.05, 3.63) is 26.8 Å². The molecule has 0 fully saturated rings. The minimum Gasteiger partial charge on any atom is -0.496 e. The molecule has 0 heterocycles. The second-order valence-corrected chi connectivity index (χ2v) is 3.79. The van der Waals surface area contributed by atoms with Gasteiger partial charge in [0.15, 0.2) is 5.78 Å². The highest BCUT2D eigenvalue weighted by atomic mass is 127. The monoisotopic (exact) mass is 301 g/mol. The van der Waals surface area contributed by atoms with Gasteiger partial charge in [0, 0.05) is 5.56 Å². The van der Waals surface area contributed by atoms with Crippen LogP contribution in [0.4, 0.5) is 0 Å². The Bertz CT molecular complexity index is 421. The van der Waals surface area contributed by atoms with E-state index < -0.39 is 0 Å². The summed E-state index contributed by atoms with van der Waals surface area (Å²) in [6, 6.07) is 5.18. The molecule has 0 spiro atoms. The Hall–Kier alpha value is -1.09. The number of methoxy groups -OCH3 is 1. The number of halogens is 1. The molecule has 0 aliphatic heterocycles. The number of carbonyl (C=O) groups excluding carboxylic acids is 1. The Balaban J connectivity index is 3.44. The molecule has 0 saturated carbocycles. The van der Waals surface area contributed by atoms with Gasteiger partial charge in [-0.1, -0.05) is 0 Å². The molecule has 0 saturated heterocycles. The molecule has 0 bridgehead atoms. The number of rotatable bonds is 2. The molecule has 0 N–H and O–H groups in total. The van der Waals surface area contributed by atoms with Crippen LogP contribution in [0.5, 0.6) is 5.75 Å². The number of ether oxygens (including phenoxy) is 1. The maximum atomic E-state index is 11.2. The summed E-state index contributed by atoms with van der Waals surface area (Å²) in [7, 11) is 1.52. The van der Waals surface area contributed by atoms with E-state index in [9.17, 15) is 4.79 Å². The Kier molecular flexibility index (Phi) is 3.47. The third-order valence-electron chi connectivity index (χ3n) is 1.77. The number of benzene rings is 1. The first-order valence-corrected chi connectivity index (χ1v) is 4.96. The van der Waals surface area contributed by atoms with Crippen molar-refractivity contribution in [2.24, 2.45) is 0 Å². The zero-order chi connectivity index (χ0) is 10.7. The van der Waals surface area contributed by atoms with Crippen molar-refractivity contribution < 1.29 is 9.53 Å². The van der Waals surface area contributed by atoms with Crippen LogP contribution >= 0.6 is 22.6 Å². The molecule has 0 unspecified atom stereocenters. The molecule has 1 rings (SSSR count). The molecule has 0 aromatic heterocycles. The second kappa shape index (κ2) is 4.42. The molecule has 1 aromatic rings. The van der Waals surface area contributed by atoms with E-state index in [0.717, 1.165) is 3.57 Å². The van der Waals surface area contributed by atoms with E-state index in [4.69, 9.17) is 10.00 Å². The largest absolute Gasteiger partial charge is 0.496 e. The minimum absolute atomic E-state index is 0.0650. The highest BCUT2D eigenvalue weighted by molar-refractivity contribution is 14.1. The van der Waals surface area contributed by atoms with Gasteiger partial charge in [0.25, 0.3) is 0 Å². The average molecular weight is 301 g/mol. The van der Waals surface area contributed by atoms with Crippen LogP contribution in [0, 0.1) is 14.9 Å².